The number of aromatic amines is 1. The molecule has 0 radical (unpaired) electrons. The molecular formula is C14H13Cl2N3O2. The minimum absolute atomic E-state index is 0.0608. The number of aromatic nitrogens is 2. The predicted octanol–water partition coefficient (Wildman–Crippen LogP) is 2.87. The molecule has 0 atom stereocenters. The van der Waals surface area contributed by atoms with E-state index in [-0.39, 0.29) is 17.9 Å². The van der Waals surface area contributed by atoms with Crippen molar-refractivity contribution in [2.75, 3.05) is 5.32 Å². The number of halogens is 2. The first kappa shape index (κ1) is 15.5. The van der Waals surface area contributed by atoms with Crippen molar-refractivity contribution in [2.24, 2.45) is 0 Å². The molecular weight excluding hydrogens is 313 g/mol. The lowest BCUT2D eigenvalue weighted by Gasteiger charge is -2.08. The summed E-state index contributed by atoms with van der Waals surface area (Å²) in [5.41, 5.74) is 1.10. The first-order valence-electron chi connectivity index (χ1n) is 6.18. The molecule has 5 nitrogen and oxygen atoms in total. The minimum atomic E-state index is -0.326. The molecule has 1 amide bonds. The summed E-state index contributed by atoms with van der Waals surface area (Å²) in [4.78, 5) is 30.6. The number of H-pyrrole nitrogens is 1. The van der Waals surface area contributed by atoms with Crippen LogP contribution in [0.15, 0.2) is 23.0 Å². The number of nitrogens with one attached hydrogen (secondary N) is 2. The van der Waals surface area contributed by atoms with Gasteiger partial charge in [-0.25, -0.2) is 4.98 Å². The molecule has 1 aromatic heterocycles. The highest BCUT2D eigenvalue weighted by Crippen LogP contribution is 2.25. The van der Waals surface area contributed by atoms with Crippen LogP contribution in [0.4, 0.5) is 5.69 Å². The van der Waals surface area contributed by atoms with Crippen LogP contribution in [0.5, 0.6) is 0 Å². The quantitative estimate of drug-likeness (QED) is 0.911. The minimum Gasteiger partial charge on any atom is -0.326 e. The van der Waals surface area contributed by atoms with Gasteiger partial charge in [-0.05, 0) is 32.0 Å². The van der Waals surface area contributed by atoms with Gasteiger partial charge >= 0.3 is 0 Å². The third-order valence-corrected chi connectivity index (χ3v) is 3.62. The lowest BCUT2D eigenvalue weighted by molar-refractivity contribution is -0.115. The zero-order valence-corrected chi connectivity index (χ0v) is 13.0. The summed E-state index contributed by atoms with van der Waals surface area (Å²) in [6, 6.07) is 4.77. The van der Waals surface area contributed by atoms with E-state index < -0.39 is 0 Å². The van der Waals surface area contributed by atoms with E-state index in [0.29, 0.717) is 32.8 Å². The Balaban J connectivity index is 2.15. The van der Waals surface area contributed by atoms with Crippen LogP contribution in [0.2, 0.25) is 10.0 Å². The van der Waals surface area contributed by atoms with Gasteiger partial charge in [-0.1, -0.05) is 23.2 Å². The Morgan fingerprint density at radius 3 is 2.62 bits per heavy atom. The Bertz CT molecular complexity index is 756. The van der Waals surface area contributed by atoms with Gasteiger partial charge in [0.2, 0.25) is 5.91 Å². The average Bonchev–Trinajstić information content (AvgIpc) is 2.38. The van der Waals surface area contributed by atoms with Gasteiger partial charge < -0.3 is 10.3 Å². The third-order valence-electron chi connectivity index (χ3n) is 2.88. The largest absolute Gasteiger partial charge is 0.326 e. The van der Waals surface area contributed by atoms with Crippen molar-refractivity contribution in [3.63, 3.8) is 0 Å². The summed E-state index contributed by atoms with van der Waals surface area (Å²) in [5, 5.41) is 3.42. The predicted molar refractivity (Wildman–Crippen MR) is 83.1 cm³/mol. The fourth-order valence-electron chi connectivity index (χ4n) is 1.90. The normalized spacial score (nSPS) is 10.5. The van der Waals surface area contributed by atoms with Crippen LogP contribution >= 0.6 is 23.2 Å². The Kier molecular flexibility index (Phi) is 4.65. The fourth-order valence-corrected chi connectivity index (χ4v) is 2.20. The van der Waals surface area contributed by atoms with Gasteiger partial charge in [0.25, 0.3) is 5.56 Å². The highest BCUT2D eigenvalue weighted by molar-refractivity contribution is 6.42. The van der Waals surface area contributed by atoms with E-state index in [1.807, 2.05) is 0 Å². The van der Waals surface area contributed by atoms with Gasteiger partial charge in [-0.2, -0.15) is 0 Å². The number of aryl methyl sites for hydroxylation is 2. The van der Waals surface area contributed by atoms with E-state index in [9.17, 15) is 9.59 Å². The molecule has 7 heteroatoms. The molecule has 0 saturated carbocycles. The molecule has 110 valence electrons. The molecule has 0 aliphatic heterocycles. The SMILES string of the molecule is Cc1nc(C)c(CC(=O)Nc2ccc(Cl)c(Cl)c2)c(=O)[nH]1. The van der Waals surface area contributed by atoms with E-state index in [1.54, 1.807) is 32.0 Å². The topological polar surface area (TPSA) is 74.8 Å². The second-order valence-electron chi connectivity index (χ2n) is 4.57. The maximum Gasteiger partial charge on any atom is 0.254 e. The zero-order valence-electron chi connectivity index (χ0n) is 11.5. The summed E-state index contributed by atoms with van der Waals surface area (Å²) in [7, 11) is 0. The van der Waals surface area contributed by atoms with Crippen LogP contribution < -0.4 is 10.9 Å². The monoisotopic (exact) mass is 325 g/mol. The third kappa shape index (κ3) is 3.83. The lowest BCUT2D eigenvalue weighted by Crippen LogP contribution is -2.24. The number of rotatable bonds is 3. The van der Waals surface area contributed by atoms with Crippen LogP contribution in [0.1, 0.15) is 17.1 Å². The Labute approximate surface area is 131 Å². The second kappa shape index (κ2) is 6.28. The molecule has 2 rings (SSSR count). The summed E-state index contributed by atoms with van der Waals surface area (Å²) >= 11 is 11.7. The summed E-state index contributed by atoms with van der Waals surface area (Å²) in [6.07, 6.45) is -0.0608. The summed E-state index contributed by atoms with van der Waals surface area (Å²) in [5.74, 6) is 0.193. The van der Waals surface area contributed by atoms with Crippen LogP contribution in [-0.4, -0.2) is 15.9 Å². The van der Waals surface area contributed by atoms with E-state index >= 15 is 0 Å². The van der Waals surface area contributed by atoms with Crippen molar-refractivity contribution in [3.8, 4) is 0 Å². The van der Waals surface area contributed by atoms with Gasteiger partial charge in [0.05, 0.1) is 16.5 Å². The highest BCUT2D eigenvalue weighted by Gasteiger charge is 2.12. The number of amides is 1. The average molecular weight is 326 g/mol. The van der Waals surface area contributed by atoms with Crippen molar-refractivity contribution in [1.29, 1.82) is 0 Å². The van der Waals surface area contributed by atoms with Crippen molar-refractivity contribution in [3.05, 3.63) is 55.7 Å². The van der Waals surface area contributed by atoms with Crippen LogP contribution in [-0.2, 0) is 11.2 Å². The van der Waals surface area contributed by atoms with Gasteiger partial charge in [-0.3, -0.25) is 9.59 Å². The molecule has 0 unspecified atom stereocenters. The molecule has 0 saturated heterocycles. The molecule has 21 heavy (non-hydrogen) atoms. The molecule has 0 aliphatic rings. The highest BCUT2D eigenvalue weighted by atomic mass is 35.5. The van der Waals surface area contributed by atoms with E-state index in [2.05, 4.69) is 15.3 Å². The number of hydrogen-bond donors (Lipinski definition) is 2. The number of carbonyl (C=O) groups excluding carboxylic acids is 1. The van der Waals surface area contributed by atoms with Crippen LogP contribution in [0.3, 0.4) is 0 Å². The molecule has 2 aromatic rings. The lowest BCUT2D eigenvalue weighted by atomic mass is 10.1. The Morgan fingerprint density at radius 2 is 2.00 bits per heavy atom. The first-order chi connectivity index (χ1) is 9.86. The number of nitrogens with zero attached hydrogens (tertiary/aromatic N) is 1. The second-order valence-corrected chi connectivity index (χ2v) is 5.38. The van der Waals surface area contributed by atoms with Gasteiger partial charge in [-0.15, -0.1) is 0 Å². The van der Waals surface area contributed by atoms with Gasteiger partial charge in [0.15, 0.2) is 0 Å². The maximum atomic E-state index is 12.0. The Hall–Kier alpha value is -1.85. The van der Waals surface area contributed by atoms with Crippen LogP contribution in [0.25, 0.3) is 0 Å². The van der Waals surface area contributed by atoms with Crippen LogP contribution in [0, 0.1) is 13.8 Å². The van der Waals surface area contributed by atoms with Gasteiger partial charge in [0.1, 0.15) is 5.82 Å². The van der Waals surface area contributed by atoms with Crippen molar-refractivity contribution >= 4 is 34.8 Å². The molecule has 2 N–H and O–H groups in total. The number of benzene rings is 1. The van der Waals surface area contributed by atoms with E-state index in [1.165, 1.54) is 0 Å². The molecule has 0 fully saturated rings. The number of carbonyl (C=O) groups is 1. The fraction of sp³-hybridized carbons (Fsp3) is 0.214. The smallest absolute Gasteiger partial charge is 0.254 e. The summed E-state index contributed by atoms with van der Waals surface area (Å²) in [6.45, 7) is 3.39. The van der Waals surface area contributed by atoms with Crippen molar-refractivity contribution in [1.82, 2.24) is 9.97 Å². The molecule has 1 aromatic carbocycles. The molecule has 1 heterocycles. The molecule has 0 bridgehead atoms. The standard InChI is InChI=1S/C14H13Cl2N3O2/c1-7-10(14(21)18-8(2)17-7)6-13(20)19-9-3-4-11(15)12(16)5-9/h3-5H,6H2,1-2H3,(H,19,20)(H,17,18,21). The molecule has 0 spiro atoms. The molecule has 0 aliphatic carbocycles. The maximum absolute atomic E-state index is 12.0. The van der Waals surface area contributed by atoms with Crippen molar-refractivity contribution < 1.29 is 4.79 Å². The summed E-state index contributed by atoms with van der Waals surface area (Å²) < 4.78 is 0. The zero-order chi connectivity index (χ0) is 15.6. The van der Waals surface area contributed by atoms with Crippen molar-refractivity contribution in [2.45, 2.75) is 20.3 Å². The van der Waals surface area contributed by atoms with Gasteiger partial charge in [0, 0.05) is 16.9 Å². The van der Waals surface area contributed by atoms with E-state index in [4.69, 9.17) is 23.2 Å². The van der Waals surface area contributed by atoms with E-state index in [0.717, 1.165) is 0 Å². The number of anilines is 1. The first-order valence-corrected chi connectivity index (χ1v) is 6.93. The Morgan fingerprint density at radius 1 is 1.29 bits per heavy atom. The number of hydrogen-bond acceptors (Lipinski definition) is 3.